The summed E-state index contributed by atoms with van der Waals surface area (Å²) < 4.78 is 10.6. The number of hydrogen-bond donors (Lipinski definition) is 0. The summed E-state index contributed by atoms with van der Waals surface area (Å²) in [5.74, 6) is -0.0699. The van der Waals surface area contributed by atoms with Gasteiger partial charge in [0.2, 0.25) is 0 Å². The average molecular weight is 368 g/mol. The fourth-order valence-corrected chi connectivity index (χ4v) is 2.20. The van der Waals surface area contributed by atoms with Gasteiger partial charge in [0.1, 0.15) is 23.4 Å². The van der Waals surface area contributed by atoms with E-state index in [1.165, 1.54) is 6.34 Å². The fraction of sp³-hybridized carbons (Fsp3) is 0.722. The molecule has 1 heterocycles. The van der Waals surface area contributed by atoms with Crippen LogP contribution in [-0.4, -0.2) is 64.8 Å². The summed E-state index contributed by atoms with van der Waals surface area (Å²) in [7, 11) is 1.85. The van der Waals surface area contributed by atoms with Crippen LogP contribution in [0.4, 0.5) is 9.59 Å². The van der Waals surface area contributed by atoms with Crippen LogP contribution in [-0.2, 0) is 9.47 Å². The van der Waals surface area contributed by atoms with Crippen molar-refractivity contribution in [3.63, 3.8) is 0 Å². The average Bonchev–Trinajstić information content (AvgIpc) is 2.94. The second-order valence-electron chi connectivity index (χ2n) is 8.19. The third-order valence-electron chi connectivity index (χ3n) is 3.31. The molecular weight excluding hydrogens is 336 g/mol. The van der Waals surface area contributed by atoms with E-state index < -0.39 is 23.4 Å². The maximum atomic E-state index is 12.5. The molecule has 8 heteroatoms. The van der Waals surface area contributed by atoms with Gasteiger partial charge in [0.15, 0.2) is 0 Å². The van der Waals surface area contributed by atoms with Gasteiger partial charge >= 0.3 is 12.2 Å². The molecule has 26 heavy (non-hydrogen) atoms. The molecule has 148 valence electrons. The molecule has 2 amide bonds. The zero-order valence-corrected chi connectivity index (χ0v) is 17.0. The molecular formula is C18H32N4O4. The Morgan fingerprint density at radius 1 is 1.00 bits per heavy atom. The first-order valence-corrected chi connectivity index (χ1v) is 8.77. The Bertz CT molecular complexity index is 527. The van der Waals surface area contributed by atoms with Crippen molar-refractivity contribution in [2.24, 2.45) is 4.99 Å². The van der Waals surface area contributed by atoms with Gasteiger partial charge in [0.25, 0.3) is 0 Å². The number of hydrogen-bond acceptors (Lipinski definition) is 6. The Kier molecular flexibility index (Phi) is 7.20. The van der Waals surface area contributed by atoms with Gasteiger partial charge in [-0.2, -0.15) is 4.90 Å². The number of aliphatic imine (C=N–C) groups is 1. The molecule has 0 aromatic heterocycles. The molecule has 8 nitrogen and oxygen atoms in total. The summed E-state index contributed by atoms with van der Waals surface area (Å²) in [5, 5.41) is 3.93. The highest BCUT2D eigenvalue weighted by atomic mass is 16.6. The van der Waals surface area contributed by atoms with Crippen molar-refractivity contribution in [1.29, 1.82) is 0 Å². The Morgan fingerprint density at radius 2 is 1.42 bits per heavy atom. The monoisotopic (exact) mass is 368 g/mol. The van der Waals surface area contributed by atoms with E-state index in [1.807, 2.05) is 12.1 Å². The molecule has 0 aromatic rings. The lowest BCUT2D eigenvalue weighted by Crippen LogP contribution is -2.43. The molecule has 1 saturated heterocycles. The molecule has 0 saturated carbocycles. The second kappa shape index (κ2) is 8.53. The number of ether oxygens (including phenoxy) is 2. The van der Waals surface area contributed by atoms with Crippen molar-refractivity contribution in [3.05, 3.63) is 12.4 Å². The quantitative estimate of drug-likeness (QED) is 0.557. The van der Waals surface area contributed by atoms with Crippen molar-refractivity contribution in [2.45, 2.75) is 65.6 Å². The fourth-order valence-electron chi connectivity index (χ4n) is 2.20. The molecule has 1 aliphatic heterocycles. The molecule has 0 atom stereocenters. The lowest BCUT2D eigenvalue weighted by atomic mass is 10.2. The summed E-state index contributed by atoms with van der Waals surface area (Å²) in [5.41, 5.74) is -1.54. The number of rotatable bonds is 4. The minimum absolute atomic E-state index is 0.0699. The van der Waals surface area contributed by atoms with Gasteiger partial charge in [0.05, 0.1) is 0 Å². The highest BCUT2D eigenvalue weighted by molar-refractivity contribution is 5.90. The summed E-state index contributed by atoms with van der Waals surface area (Å²) in [6, 6.07) is 0. The van der Waals surface area contributed by atoms with E-state index in [2.05, 4.69) is 16.6 Å². The van der Waals surface area contributed by atoms with Crippen LogP contribution in [0.15, 0.2) is 17.4 Å². The molecule has 0 aromatic carbocycles. The van der Waals surface area contributed by atoms with E-state index in [-0.39, 0.29) is 5.82 Å². The predicted molar refractivity (Wildman–Crippen MR) is 101 cm³/mol. The third kappa shape index (κ3) is 7.43. The van der Waals surface area contributed by atoms with E-state index in [9.17, 15) is 9.59 Å². The van der Waals surface area contributed by atoms with E-state index >= 15 is 0 Å². The van der Waals surface area contributed by atoms with Crippen molar-refractivity contribution < 1.29 is 19.1 Å². The highest BCUT2D eigenvalue weighted by Gasteiger charge is 2.33. The topological polar surface area (TPSA) is 74.7 Å². The number of nitrogens with zero attached hydrogens (tertiary/aromatic N) is 4. The van der Waals surface area contributed by atoms with Crippen LogP contribution in [0.5, 0.6) is 0 Å². The van der Waals surface area contributed by atoms with Crippen LogP contribution in [0.1, 0.15) is 54.4 Å². The van der Waals surface area contributed by atoms with Crippen LogP contribution in [0, 0.1) is 0 Å². The maximum Gasteiger partial charge on any atom is 0.425 e. The van der Waals surface area contributed by atoms with E-state index in [0.29, 0.717) is 4.90 Å². The van der Waals surface area contributed by atoms with Gasteiger partial charge in [-0.15, -0.1) is 0 Å². The molecule has 0 N–H and O–H groups in total. The van der Waals surface area contributed by atoms with Crippen molar-refractivity contribution in [3.8, 4) is 0 Å². The van der Waals surface area contributed by atoms with Crippen LogP contribution in [0.25, 0.3) is 0 Å². The summed E-state index contributed by atoms with van der Waals surface area (Å²) >= 11 is 0. The SMILES string of the molecule is C=C(/N=C\N(C)N1CCCC1)N(C(=O)OC(C)(C)C)C(=O)OC(C)(C)C. The van der Waals surface area contributed by atoms with Crippen LogP contribution in [0.3, 0.4) is 0 Å². The first kappa shape index (κ1) is 22.0. The molecule has 0 spiro atoms. The normalized spacial score (nSPS) is 15.8. The first-order valence-electron chi connectivity index (χ1n) is 8.77. The Hall–Kier alpha value is -2.09. The molecule has 0 unspecified atom stereocenters. The van der Waals surface area contributed by atoms with Gasteiger partial charge in [0, 0.05) is 20.1 Å². The number of carbonyl (C=O) groups excluding carboxylic acids is 2. The third-order valence-corrected chi connectivity index (χ3v) is 3.31. The number of amides is 2. The highest BCUT2D eigenvalue weighted by Crippen LogP contribution is 2.18. The van der Waals surface area contributed by atoms with Crippen molar-refractivity contribution in [1.82, 2.24) is 14.9 Å². The molecule has 1 rings (SSSR count). The van der Waals surface area contributed by atoms with Gasteiger partial charge in [-0.3, -0.25) is 5.01 Å². The van der Waals surface area contributed by atoms with Gasteiger partial charge < -0.3 is 9.47 Å². The Balaban J connectivity index is 2.92. The number of imide groups is 1. The Morgan fingerprint density at radius 3 is 1.81 bits per heavy atom. The standard InChI is InChI=1S/C18H32N4O4/c1-14(19-13-20(8)21-11-9-10-12-21)22(15(23)25-17(2,3)4)16(24)26-18(5,6)7/h13H,1,9-12H2,2-8H3/b19-13-. The van der Waals surface area contributed by atoms with E-state index in [0.717, 1.165) is 25.9 Å². The zero-order valence-electron chi connectivity index (χ0n) is 17.0. The summed E-state index contributed by atoms with van der Waals surface area (Å²) in [6.45, 7) is 15.9. The van der Waals surface area contributed by atoms with Crippen LogP contribution in [0.2, 0.25) is 0 Å². The zero-order chi connectivity index (χ0) is 20.1. The van der Waals surface area contributed by atoms with Crippen molar-refractivity contribution >= 4 is 18.5 Å². The Labute approximate surface area is 156 Å². The second-order valence-corrected chi connectivity index (χ2v) is 8.19. The molecule has 0 radical (unpaired) electrons. The van der Waals surface area contributed by atoms with Gasteiger partial charge in [-0.25, -0.2) is 19.6 Å². The molecule has 0 bridgehead atoms. The van der Waals surface area contributed by atoms with Gasteiger partial charge in [-0.1, -0.05) is 6.58 Å². The molecule has 1 fully saturated rings. The first-order chi connectivity index (χ1) is 11.8. The lowest BCUT2D eigenvalue weighted by molar-refractivity contribution is 0.00816. The van der Waals surface area contributed by atoms with Crippen LogP contribution >= 0.6 is 0 Å². The van der Waals surface area contributed by atoms with E-state index in [1.54, 1.807) is 41.5 Å². The molecule has 1 aliphatic rings. The van der Waals surface area contributed by atoms with Crippen molar-refractivity contribution in [2.75, 3.05) is 20.1 Å². The minimum atomic E-state index is -0.877. The predicted octanol–water partition coefficient (Wildman–Crippen LogP) is 3.60. The number of carbonyl (C=O) groups is 2. The summed E-state index contributed by atoms with van der Waals surface area (Å²) in [4.78, 5) is 29.8. The smallest absolute Gasteiger partial charge is 0.425 e. The largest absolute Gasteiger partial charge is 0.443 e. The lowest BCUT2D eigenvalue weighted by Gasteiger charge is -2.29. The van der Waals surface area contributed by atoms with Crippen LogP contribution < -0.4 is 0 Å². The maximum absolute atomic E-state index is 12.5. The summed E-state index contributed by atoms with van der Waals surface area (Å²) in [6.07, 6.45) is 2.02. The minimum Gasteiger partial charge on any atom is -0.443 e. The van der Waals surface area contributed by atoms with Gasteiger partial charge in [-0.05, 0) is 54.4 Å². The molecule has 0 aliphatic carbocycles. The van der Waals surface area contributed by atoms with E-state index in [4.69, 9.17) is 9.47 Å². The number of hydrazine groups is 1.